The molecule has 2 aliphatic heterocycles. The first-order valence-corrected chi connectivity index (χ1v) is 25.3. The Bertz CT molecular complexity index is 3520. The van der Waals surface area contributed by atoms with Gasteiger partial charge in [-0.15, -0.1) is 0 Å². The quantitative estimate of drug-likeness (QED) is 0.172. The van der Waals surface area contributed by atoms with Gasteiger partial charge in [0.15, 0.2) is 0 Å². The molecule has 0 aromatic heterocycles. The van der Waals surface area contributed by atoms with Crippen LogP contribution in [0.1, 0.15) is 115 Å². The number of hydrogen-bond acceptors (Lipinski definition) is 3. The Kier molecular flexibility index (Phi) is 9.62. The van der Waals surface area contributed by atoms with Crippen molar-refractivity contribution in [3.05, 3.63) is 273 Å². The molecule has 2 aliphatic carbocycles. The molecule has 0 fully saturated rings. The van der Waals surface area contributed by atoms with E-state index in [9.17, 15) is 0 Å². The van der Waals surface area contributed by atoms with Crippen LogP contribution >= 0.6 is 0 Å². The van der Waals surface area contributed by atoms with E-state index >= 15 is 0 Å². The minimum absolute atomic E-state index is 0.0886. The lowest BCUT2D eigenvalue weighted by Gasteiger charge is -2.42. The first-order chi connectivity index (χ1) is 34.5. The molecule has 0 amide bonds. The zero-order valence-corrected chi connectivity index (χ0v) is 41.4. The van der Waals surface area contributed by atoms with Crippen molar-refractivity contribution >= 4 is 23.1 Å². The zero-order valence-electron chi connectivity index (χ0n) is 41.4. The third-order valence-electron chi connectivity index (χ3n) is 15.8. The molecule has 0 bridgehead atoms. The van der Waals surface area contributed by atoms with E-state index in [1.807, 2.05) is 0 Å². The molecule has 3 heteroatoms. The van der Waals surface area contributed by atoms with Crippen molar-refractivity contribution in [1.82, 2.24) is 0 Å². The van der Waals surface area contributed by atoms with Gasteiger partial charge in [-0.05, 0) is 129 Å². The molecule has 0 radical (unpaired) electrons. The van der Waals surface area contributed by atoms with Crippen LogP contribution in [-0.2, 0) is 28.1 Å². The van der Waals surface area contributed by atoms with Crippen LogP contribution in [0.3, 0.4) is 0 Å². The van der Waals surface area contributed by atoms with E-state index in [1.54, 1.807) is 0 Å². The summed E-state index contributed by atoms with van der Waals surface area (Å²) in [5.41, 5.74) is 18.8. The van der Waals surface area contributed by atoms with E-state index in [-0.39, 0.29) is 10.8 Å². The molecule has 1 spiro atoms. The van der Waals surface area contributed by atoms with E-state index in [1.165, 1.54) is 66.8 Å². The maximum Gasteiger partial charge on any atom is 0.132 e. The van der Waals surface area contributed by atoms with Gasteiger partial charge in [-0.1, -0.05) is 193 Å². The lowest BCUT2D eigenvalue weighted by atomic mass is 9.63. The first-order valence-electron chi connectivity index (χ1n) is 25.3. The summed E-state index contributed by atoms with van der Waals surface area (Å²) in [6.45, 7) is 13.9. The van der Waals surface area contributed by atoms with Gasteiger partial charge in [0.2, 0.25) is 0 Å². The topological polar surface area (TPSA) is 21.7 Å². The van der Waals surface area contributed by atoms with E-state index in [0.717, 1.165) is 64.0 Å². The first kappa shape index (κ1) is 43.2. The molecule has 4 aliphatic rings. The van der Waals surface area contributed by atoms with Crippen molar-refractivity contribution < 1.29 is 9.47 Å². The highest BCUT2D eigenvalue weighted by molar-refractivity contribution is 5.99. The predicted octanol–water partition coefficient (Wildman–Crippen LogP) is 17.7. The number of nitrogens with zero attached hydrogens (tertiary/aromatic N) is 1. The lowest BCUT2D eigenvalue weighted by Crippen LogP contribution is -2.34. The zero-order chi connectivity index (χ0) is 48.3. The predicted molar refractivity (Wildman–Crippen MR) is 292 cm³/mol. The molecule has 346 valence electrons. The summed E-state index contributed by atoms with van der Waals surface area (Å²) in [5, 5.41) is 0. The van der Waals surface area contributed by atoms with Gasteiger partial charge in [-0.2, -0.15) is 0 Å². The summed E-state index contributed by atoms with van der Waals surface area (Å²) in [7, 11) is 0. The molecule has 0 saturated carbocycles. The fraction of sp³-hybridized carbons (Fsp3) is 0.176. The number of hydrogen-bond donors (Lipinski definition) is 0. The van der Waals surface area contributed by atoms with Gasteiger partial charge in [0.1, 0.15) is 23.0 Å². The molecule has 0 N–H and O–H groups in total. The maximum absolute atomic E-state index is 7.05. The third kappa shape index (κ3) is 6.34. The van der Waals surface area contributed by atoms with Crippen LogP contribution in [0.2, 0.25) is 0 Å². The van der Waals surface area contributed by atoms with Crippen LogP contribution in [-0.4, -0.2) is 0 Å². The highest BCUT2D eigenvalue weighted by Gasteiger charge is 2.53. The van der Waals surface area contributed by atoms with Crippen molar-refractivity contribution in [3.63, 3.8) is 0 Å². The van der Waals surface area contributed by atoms with E-state index < -0.39 is 10.8 Å². The summed E-state index contributed by atoms with van der Waals surface area (Å²) in [6.07, 6.45) is 6.70. The number of fused-ring (bicyclic) bond motifs is 12. The van der Waals surface area contributed by atoms with E-state index in [4.69, 9.17) is 9.47 Å². The second kappa shape index (κ2) is 15.8. The highest BCUT2D eigenvalue weighted by atomic mass is 16.5. The molecular formula is C68H57NO2. The number of benzene rings is 9. The maximum atomic E-state index is 7.05. The number of anilines is 3. The number of aryl methyl sites for hydroxylation is 1. The smallest absolute Gasteiger partial charge is 0.132 e. The van der Waals surface area contributed by atoms with E-state index in [0.29, 0.717) is 0 Å². The molecule has 9 aromatic rings. The Balaban J connectivity index is 1.14. The van der Waals surface area contributed by atoms with Gasteiger partial charge in [0, 0.05) is 39.1 Å². The largest absolute Gasteiger partial charge is 0.457 e. The summed E-state index contributed by atoms with van der Waals surface area (Å²) >= 11 is 0. The molecule has 0 saturated heterocycles. The van der Waals surface area contributed by atoms with Crippen molar-refractivity contribution in [2.24, 2.45) is 0 Å². The summed E-state index contributed by atoms with van der Waals surface area (Å²) < 4.78 is 14.0. The van der Waals surface area contributed by atoms with Crippen LogP contribution in [0.15, 0.2) is 206 Å². The molecule has 13 rings (SSSR count). The summed E-state index contributed by atoms with van der Waals surface area (Å²) in [6, 6.07) is 74.5. The summed E-state index contributed by atoms with van der Waals surface area (Å²) in [5.74, 6) is 3.50. The second-order valence-electron chi connectivity index (χ2n) is 21.9. The van der Waals surface area contributed by atoms with Crippen LogP contribution < -0.4 is 14.4 Å². The fourth-order valence-corrected chi connectivity index (χ4v) is 12.5. The van der Waals surface area contributed by atoms with Crippen LogP contribution in [0.5, 0.6) is 23.0 Å². The Morgan fingerprint density at radius 1 is 0.423 bits per heavy atom. The monoisotopic (exact) mass is 919 g/mol. The van der Waals surface area contributed by atoms with Crippen LogP contribution in [0.4, 0.5) is 17.1 Å². The molecule has 71 heavy (non-hydrogen) atoms. The van der Waals surface area contributed by atoms with Gasteiger partial charge >= 0.3 is 0 Å². The van der Waals surface area contributed by atoms with Gasteiger partial charge in [0.05, 0.1) is 22.2 Å². The van der Waals surface area contributed by atoms with Crippen LogP contribution in [0, 0.1) is 0 Å². The average Bonchev–Trinajstić information content (AvgIpc) is 3.69. The Hall–Kier alpha value is -7.88. The van der Waals surface area contributed by atoms with Crippen molar-refractivity contribution in [2.75, 3.05) is 4.90 Å². The van der Waals surface area contributed by atoms with E-state index in [2.05, 4.69) is 259 Å². The standard InChI is InChI=1S/C68H57NO2/c1-65(2,3)47-35-38-61-55(41-47)68(56-42-48(66(4,5)6)36-39-62(56)71-61)52-29-16-15-28-51(52)64-54(68)31-20-33-59(64)69(58-32-19-22-44-21-13-14-27-50(44)58)49-37-40-63-57(43-49)67(45-23-9-7-10-24-45,46-25-11-8-12-26-46)53-30-17-18-34-60(53)70-63/h7-12,14-20,22-43H,13,21H2,1-6H3. The van der Waals surface area contributed by atoms with Gasteiger partial charge in [-0.3, -0.25) is 0 Å². The average molecular weight is 920 g/mol. The normalized spacial score (nSPS) is 15.2. The molecule has 9 aromatic carbocycles. The third-order valence-corrected chi connectivity index (χ3v) is 15.8. The van der Waals surface area contributed by atoms with Gasteiger partial charge < -0.3 is 14.4 Å². The lowest BCUT2D eigenvalue weighted by molar-refractivity contribution is 0.433. The number of rotatable bonds is 5. The molecule has 2 heterocycles. The molecule has 3 nitrogen and oxygen atoms in total. The minimum Gasteiger partial charge on any atom is -0.457 e. The molecule has 0 atom stereocenters. The van der Waals surface area contributed by atoms with Gasteiger partial charge in [-0.25, -0.2) is 0 Å². The molecular weight excluding hydrogens is 863 g/mol. The number of ether oxygens (including phenoxy) is 2. The number of para-hydroxylation sites is 1. The fourth-order valence-electron chi connectivity index (χ4n) is 12.5. The van der Waals surface area contributed by atoms with Crippen molar-refractivity contribution in [1.29, 1.82) is 0 Å². The Morgan fingerprint density at radius 3 is 1.59 bits per heavy atom. The van der Waals surface area contributed by atoms with Gasteiger partial charge in [0.25, 0.3) is 0 Å². The highest BCUT2D eigenvalue weighted by Crippen LogP contribution is 2.65. The van der Waals surface area contributed by atoms with Crippen LogP contribution in [0.25, 0.3) is 17.2 Å². The Morgan fingerprint density at radius 2 is 0.944 bits per heavy atom. The SMILES string of the molecule is CC(C)(C)c1ccc2c(c1)C1(c3cc(C(C)(C)C)ccc3O2)c2ccccc2-c2c(N(c3ccc4c(c3)C(c3ccccc3)(c3ccccc3)c3ccccc3O4)c3cccc4c3C=CCC4)cccc21. The molecule has 0 unspecified atom stereocenters. The second-order valence-corrected chi connectivity index (χ2v) is 21.9. The van der Waals surface area contributed by atoms with Crippen molar-refractivity contribution in [2.45, 2.75) is 76.0 Å². The Labute approximate surface area is 418 Å². The summed E-state index contributed by atoms with van der Waals surface area (Å²) in [4.78, 5) is 2.56. The van der Waals surface area contributed by atoms with Crippen molar-refractivity contribution in [3.8, 4) is 34.1 Å². The minimum atomic E-state index is -0.690. The number of allylic oxidation sites excluding steroid dienone is 1.